The molecule has 0 aliphatic heterocycles. The van der Waals surface area contributed by atoms with Crippen molar-refractivity contribution in [3.63, 3.8) is 0 Å². The molecule has 0 aromatic heterocycles. The second-order valence-corrected chi connectivity index (χ2v) is 7.35. The first-order chi connectivity index (χ1) is 13.6. The number of esters is 1. The number of nitrogens with two attached hydrogens (primary N) is 1. The number of primary sulfonamides is 1. The van der Waals surface area contributed by atoms with Crippen LogP contribution in [-0.2, 0) is 24.3 Å². The number of methoxy groups -OCH3 is 1. The van der Waals surface area contributed by atoms with E-state index >= 15 is 0 Å². The van der Waals surface area contributed by atoms with Crippen LogP contribution >= 0.6 is 0 Å². The molecule has 2 amide bonds. The fourth-order valence-corrected chi connectivity index (χ4v) is 2.81. The highest BCUT2D eigenvalue weighted by Crippen LogP contribution is 2.23. The number of hydrogen-bond acceptors (Lipinski definition) is 7. The van der Waals surface area contributed by atoms with Crippen LogP contribution in [0.3, 0.4) is 0 Å². The Kier molecular flexibility index (Phi) is 6.91. The molecule has 4 N–H and O–H groups in total. The molecule has 0 saturated heterocycles. The van der Waals surface area contributed by atoms with Gasteiger partial charge in [-0.25, -0.2) is 18.4 Å². The number of anilines is 2. The molecule has 2 aromatic carbocycles. The van der Waals surface area contributed by atoms with E-state index in [2.05, 4.69) is 10.6 Å². The molecule has 11 heteroatoms. The second kappa shape index (κ2) is 9.17. The number of amides is 2. The van der Waals surface area contributed by atoms with Gasteiger partial charge < -0.3 is 20.1 Å². The zero-order valence-electron chi connectivity index (χ0n) is 15.6. The van der Waals surface area contributed by atoms with Gasteiger partial charge in [-0.2, -0.15) is 0 Å². The van der Waals surface area contributed by atoms with E-state index in [9.17, 15) is 22.8 Å². The van der Waals surface area contributed by atoms with E-state index in [1.807, 2.05) is 0 Å². The third-order valence-electron chi connectivity index (χ3n) is 3.54. The molecule has 0 atom stereocenters. The largest absolute Gasteiger partial charge is 0.496 e. The Labute approximate surface area is 167 Å². The molecule has 0 fully saturated rings. The lowest BCUT2D eigenvalue weighted by Gasteiger charge is -2.11. The predicted octanol–water partition coefficient (Wildman–Crippen LogP) is 1.10. The Morgan fingerprint density at radius 2 is 1.59 bits per heavy atom. The fourth-order valence-electron chi connectivity index (χ4n) is 2.27. The number of carbonyl (C=O) groups excluding carboxylic acids is 3. The first-order valence-electron chi connectivity index (χ1n) is 8.15. The van der Waals surface area contributed by atoms with E-state index in [4.69, 9.17) is 14.6 Å². The summed E-state index contributed by atoms with van der Waals surface area (Å²) in [7, 11) is -2.74. The van der Waals surface area contributed by atoms with Gasteiger partial charge >= 0.3 is 5.97 Å². The smallest absolute Gasteiger partial charge is 0.342 e. The fraction of sp³-hybridized carbons (Fsp3) is 0.167. The number of ether oxygens (including phenoxy) is 2. The molecule has 0 bridgehead atoms. The zero-order valence-corrected chi connectivity index (χ0v) is 16.4. The molecular formula is C18H19N3O7S. The minimum absolute atomic E-state index is 0.0661. The summed E-state index contributed by atoms with van der Waals surface area (Å²) < 4.78 is 32.8. The summed E-state index contributed by atoms with van der Waals surface area (Å²) in [6, 6.07) is 9.75. The van der Waals surface area contributed by atoms with Gasteiger partial charge in [-0.15, -0.1) is 0 Å². The maximum absolute atomic E-state index is 12.2. The maximum Gasteiger partial charge on any atom is 0.342 e. The minimum atomic E-state index is -4.04. The summed E-state index contributed by atoms with van der Waals surface area (Å²) in [6.07, 6.45) is 0. The first-order valence-corrected chi connectivity index (χ1v) is 9.70. The first kappa shape index (κ1) is 21.9. The lowest BCUT2D eigenvalue weighted by molar-refractivity contribution is -0.119. The monoisotopic (exact) mass is 421 g/mol. The Morgan fingerprint density at radius 1 is 1.00 bits per heavy atom. The number of carbonyl (C=O) groups is 3. The third kappa shape index (κ3) is 6.30. The van der Waals surface area contributed by atoms with Crippen molar-refractivity contribution in [1.82, 2.24) is 0 Å². The summed E-state index contributed by atoms with van der Waals surface area (Å²) in [5.74, 6) is -1.73. The predicted molar refractivity (Wildman–Crippen MR) is 104 cm³/mol. The van der Waals surface area contributed by atoms with Crippen molar-refractivity contribution >= 4 is 39.2 Å². The second-order valence-electron chi connectivity index (χ2n) is 5.79. The van der Waals surface area contributed by atoms with Crippen LogP contribution in [0.4, 0.5) is 11.4 Å². The Bertz CT molecular complexity index is 1030. The summed E-state index contributed by atoms with van der Waals surface area (Å²) in [5.41, 5.74) is 0.796. The lowest BCUT2D eigenvalue weighted by atomic mass is 10.2. The summed E-state index contributed by atoms with van der Waals surface area (Å²) in [5, 5.41) is 10.2. The van der Waals surface area contributed by atoms with Gasteiger partial charge in [-0.05, 0) is 42.5 Å². The van der Waals surface area contributed by atoms with E-state index in [-0.39, 0.29) is 22.1 Å². The van der Waals surface area contributed by atoms with E-state index in [1.54, 1.807) is 24.3 Å². The molecule has 0 unspecified atom stereocenters. The summed E-state index contributed by atoms with van der Waals surface area (Å²) >= 11 is 0. The normalized spacial score (nSPS) is 10.7. The van der Waals surface area contributed by atoms with Gasteiger partial charge in [0.25, 0.3) is 5.91 Å². The molecule has 154 valence electrons. The molecule has 0 aliphatic rings. The average Bonchev–Trinajstić information content (AvgIpc) is 2.66. The van der Waals surface area contributed by atoms with Crippen LogP contribution in [0.15, 0.2) is 47.4 Å². The van der Waals surface area contributed by atoms with Gasteiger partial charge in [-0.1, -0.05) is 0 Å². The van der Waals surface area contributed by atoms with Crippen LogP contribution in [0.25, 0.3) is 0 Å². The van der Waals surface area contributed by atoms with Crippen LogP contribution in [0.2, 0.25) is 0 Å². The van der Waals surface area contributed by atoms with Gasteiger partial charge in [-0.3, -0.25) is 9.59 Å². The summed E-state index contributed by atoms with van der Waals surface area (Å²) in [4.78, 5) is 34.9. The standard InChI is InChI=1S/C18H19N3O7S/c1-11(22)20-12-3-5-13(6-4-12)21-17(23)10-28-18(24)15-9-14(29(19,25)26)7-8-16(15)27-2/h3-9H,10H2,1-2H3,(H,20,22)(H,21,23)(H2,19,25,26). The third-order valence-corrected chi connectivity index (χ3v) is 4.45. The molecule has 0 saturated carbocycles. The minimum Gasteiger partial charge on any atom is -0.496 e. The SMILES string of the molecule is COc1ccc(S(N)(=O)=O)cc1C(=O)OCC(=O)Nc1ccc(NC(C)=O)cc1. The molecule has 0 heterocycles. The van der Waals surface area contributed by atoms with Crippen LogP contribution < -0.4 is 20.5 Å². The Hall–Kier alpha value is -3.44. The lowest BCUT2D eigenvalue weighted by Crippen LogP contribution is -2.21. The van der Waals surface area contributed by atoms with Crippen molar-refractivity contribution in [3.8, 4) is 5.75 Å². The van der Waals surface area contributed by atoms with Crippen molar-refractivity contribution in [3.05, 3.63) is 48.0 Å². The van der Waals surface area contributed by atoms with Gasteiger partial charge in [0.2, 0.25) is 15.9 Å². The highest BCUT2D eigenvalue weighted by Gasteiger charge is 2.19. The topological polar surface area (TPSA) is 154 Å². The van der Waals surface area contributed by atoms with Crippen molar-refractivity contribution in [2.24, 2.45) is 5.14 Å². The number of hydrogen-bond donors (Lipinski definition) is 3. The molecule has 2 rings (SSSR count). The van der Waals surface area contributed by atoms with Crippen molar-refractivity contribution < 1.29 is 32.3 Å². The molecule has 10 nitrogen and oxygen atoms in total. The van der Waals surface area contributed by atoms with E-state index in [0.29, 0.717) is 11.4 Å². The number of rotatable bonds is 7. The summed E-state index contributed by atoms with van der Waals surface area (Å²) in [6.45, 7) is 0.757. The quantitative estimate of drug-likeness (QED) is 0.566. The number of nitrogens with one attached hydrogen (secondary N) is 2. The average molecular weight is 421 g/mol. The van der Waals surface area contributed by atoms with E-state index in [1.165, 1.54) is 26.2 Å². The van der Waals surface area contributed by atoms with E-state index in [0.717, 1.165) is 6.07 Å². The van der Waals surface area contributed by atoms with Gasteiger partial charge in [0.15, 0.2) is 6.61 Å². The van der Waals surface area contributed by atoms with Crippen molar-refractivity contribution in [1.29, 1.82) is 0 Å². The number of benzene rings is 2. The van der Waals surface area contributed by atoms with Crippen molar-refractivity contribution in [2.45, 2.75) is 11.8 Å². The molecule has 0 spiro atoms. The molecule has 29 heavy (non-hydrogen) atoms. The van der Waals surface area contributed by atoms with Crippen molar-refractivity contribution in [2.75, 3.05) is 24.4 Å². The van der Waals surface area contributed by atoms with Gasteiger partial charge in [0, 0.05) is 18.3 Å². The van der Waals surface area contributed by atoms with Crippen LogP contribution in [0, 0.1) is 0 Å². The van der Waals surface area contributed by atoms with Gasteiger partial charge in [0.05, 0.1) is 12.0 Å². The maximum atomic E-state index is 12.2. The Morgan fingerprint density at radius 3 is 2.10 bits per heavy atom. The van der Waals surface area contributed by atoms with Crippen LogP contribution in [0.1, 0.15) is 17.3 Å². The highest BCUT2D eigenvalue weighted by atomic mass is 32.2. The molecular weight excluding hydrogens is 402 g/mol. The molecule has 2 aromatic rings. The van der Waals surface area contributed by atoms with E-state index < -0.39 is 28.5 Å². The Balaban J connectivity index is 2.01. The number of sulfonamides is 1. The highest BCUT2D eigenvalue weighted by molar-refractivity contribution is 7.89. The molecule has 0 radical (unpaired) electrons. The van der Waals surface area contributed by atoms with Gasteiger partial charge in [0.1, 0.15) is 11.3 Å². The van der Waals surface area contributed by atoms with Crippen LogP contribution in [-0.4, -0.2) is 39.9 Å². The van der Waals surface area contributed by atoms with Crippen LogP contribution in [0.5, 0.6) is 5.75 Å². The molecule has 0 aliphatic carbocycles. The zero-order chi connectivity index (χ0) is 21.6.